The van der Waals surface area contributed by atoms with Gasteiger partial charge in [-0.25, -0.2) is 4.79 Å². The van der Waals surface area contributed by atoms with Gasteiger partial charge in [-0.15, -0.1) is 0 Å². The number of rotatable bonds is 21. The zero-order valence-corrected chi connectivity index (χ0v) is 30.0. The highest BCUT2D eigenvalue weighted by Gasteiger charge is 2.39. The van der Waals surface area contributed by atoms with Crippen LogP contribution in [-0.4, -0.2) is 147 Å². The molecule has 2 heterocycles. The van der Waals surface area contributed by atoms with Crippen molar-refractivity contribution in [2.24, 2.45) is 11.5 Å². The molecule has 20 heteroatoms. The second kappa shape index (κ2) is 20.9. The van der Waals surface area contributed by atoms with Crippen LogP contribution in [0.25, 0.3) is 10.9 Å². The molecule has 1 aliphatic rings. The quantitative estimate of drug-likeness (QED) is 0.0536. The smallest absolute Gasteiger partial charge is 0.328 e. The average Bonchev–Trinajstić information content (AvgIpc) is 3.81. The molecule has 7 atom stereocenters. The van der Waals surface area contributed by atoms with E-state index in [9.17, 15) is 43.8 Å². The molecule has 0 spiro atoms. The number of H-pyrrole nitrogens is 1. The lowest BCUT2D eigenvalue weighted by Crippen LogP contribution is -2.59. The van der Waals surface area contributed by atoms with Crippen molar-refractivity contribution < 1.29 is 54.0 Å². The number of carboxylic acids is 1. The maximum absolute atomic E-state index is 14.0. The number of carbonyl (C=O) groups is 7. The second-order valence-electron chi connectivity index (χ2n) is 13.0. The lowest BCUT2D eigenvalue weighted by molar-refractivity contribution is -0.143. The van der Waals surface area contributed by atoms with Crippen molar-refractivity contribution in [1.82, 2.24) is 36.5 Å². The van der Waals surface area contributed by atoms with Crippen LogP contribution < -0.4 is 38.1 Å². The zero-order valence-electron chi connectivity index (χ0n) is 30.0. The predicted molar refractivity (Wildman–Crippen MR) is 192 cm³/mol. The number of carboxylic acid groups (broad SMARTS) is 1. The van der Waals surface area contributed by atoms with Crippen LogP contribution in [0.5, 0.6) is 0 Å². The third-order valence-electron chi connectivity index (χ3n) is 9.01. The van der Waals surface area contributed by atoms with Crippen LogP contribution in [0.1, 0.15) is 44.6 Å². The minimum absolute atomic E-state index is 0.00894. The number of aliphatic hydroxyl groups excluding tert-OH is 3. The van der Waals surface area contributed by atoms with Crippen molar-refractivity contribution in [3.8, 4) is 0 Å². The molecule has 1 aromatic heterocycles. The third kappa shape index (κ3) is 11.9. The maximum atomic E-state index is 14.0. The number of hydrogen-bond acceptors (Lipinski definition) is 12. The van der Waals surface area contributed by atoms with Crippen LogP contribution in [0.15, 0.2) is 30.5 Å². The van der Waals surface area contributed by atoms with E-state index in [4.69, 9.17) is 21.7 Å². The van der Waals surface area contributed by atoms with Gasteiger partial charge in [-0.1, -0.05) is 18.2 Å². The number of nitrogens with one attached hydrogen (secondary N) is 6. The van der Waals surface area contributed by atoms with Crippen molar-refractivity contribution >= 4 is 52.3 Å². The summed E-state index contributed by atoms with van der Waals surface area (Å²) in [5.74, 6) is -6.28. The Balaban J connectivity index is 1.73. The van der Waals surface area contributed by atoms with Gasteiger partial charge >= 0.3 is 5.97 Å². The van der Waals surface area contributed by atoms with Crippen molar-refractivity contribution in [3.05, 3.63) is 36.0 Å². The summed E-state index contributed by atoms with van der Waals surface area (Å²) in [6.07, 6.45) is 2.28. The number of aromatic nitrogens is 1. The highest BCUT2D eigenvalue weighted by Crippen LogP contribution is 2.22. The number of nitrogens with two attached hydrogens (primary N) is 2. The first-order valence-electron chi connectivity index (χ1n) is 17.6. The summed E-state index contributed by atoms with van der Waals surface area (Å²) >= 11 is 0. The molecule has 6 amide bonds. The second-order valence-corrected chi connectivity index (χ2v) is 13.0. The average molecular weight is 762 g/mol. The van der Waals surface area contributed by atoms with Crippen molar-refractivity contribution in [1.29, 1.82) is 0 Å². The highest BCUT2D eigenvalue weighted by molar-refractivity contribution is 5.97. The van der Waals surface area contributed by atoms with Crippen LogP contribution in [0.4, 0.5) is 0 Å². The van der Waals surface area contributed by atoms with Gasteiger partial charge in [-0.05, 0) is 57.2 Å². The summed E-state index contributed by atoms with van der Waals surface area (Å²) in [5.41, 5.74) is 13.0. The molecule has 0 radical (unpaired) electrons. The van der Waals surface area contributed by atoms with E-state index >= 15 is 0 Å². The summed E-state index contributed by atoms with van der Waals surface area (Å²) in [5, 5.41) is 50.3. The number of unbranched alkanes of at least 4 members (excludes halogenated alkanes) is 1. The number of likely N-dealkylation sites (tertiary alicyclic amines) is 1. The van der Waals surface area contributed by atoms with E-state index in [1.165, 1.54) is 11.8 Å². The van der Waals surface area contributed by atoms with Gasteiger partial charge in [0.15, 0.2) is 0 Å². The minimum Gasteiger partial charge on any atom is -0.480 e. The highest BCUT2D eigenvalue weighted by atomic mass is 16.4. The summed E-state index contributed by atoms with van der Waals surface area (Å²) in [6, 6.07) is -0.617. The molecule has 0 saturated carbocycles. The number of aliphatic hydroxyl groups is 3. The molecule has 0 aliphatic carbocycles. The molecule has 298 valence electrons. The van der Waals surface area contributed by atoms with Gasteiger partial charge in [-0.3, -0.25) is 28.8 Å². The maximum Gasteiger partial charge on any atom is 0.328 e. The van der Waals surface area contributed by atoms with Gasteiger partial charge in [0.05, 0.1) is 25.9 Å². The molecule has 3 rings (SSSR count). The molecular weight excluding hydrogens is 710 g/mol. The Morgan fingerprint density at radius 3 is 2.20 bits per heavy atom. The molecule has 2 aromatic rings. The third-order valence-corrected chi connectivity index (χ3v) is 9.01. The first-order chi connectivity index (χ1) is 25.7. The van der Waals surface area contributed by atoms with Crippen LogP contribution in [-0.2, 0) is 40.0 Å². The number of amides is 6. The Morgan fingerprint density at radius 2 is 1.56 bits per heavy atom. The Morgan fingerprint density at radius 1 is 0.907 bits per heavy atom. The number of carbonyl (C=O) groups excluding carboxylic acids is 6. The molecule has 14 N–H and O–H groups in total. The lowest BCUT2D eigenvalue weighted by Gasteiger charge is -2.30. The molecule has 54 heavy (non-hydrogen) atoms. The Labute approximate surface area is 310 Å². The first-order valence-corrected chi connectivity index (χ1v) is 17.6. The van der Waals surface area contributed by atoms with Crippen LogP contribution in [0.2, 0.25) is 0 Å². The van der Waals surface area contributed by atoms with Crippen LogP contribution in [0, 0.1) is 0 Å². The fraction of sp³-hybridized carbons (Fsp3) is 0.559. The standard InChI is InChI=1S/C34H51N9O11/c1-18(46)28(36)32(51)41-23(13-19-14-37-21-8-3-2-7-20(19)21)29(48)40-22(9-4-5-11-35)33(52)43-12-6-10-26(43)31(50)38-15-27(47)39-24(16-44)30(49)42-25(17-45)34(53)54/h2-3,7-8,14,18,22-26,28,37,44-46H,4-6,9-13,15-17,35-36H2,1H3,(H,38,50)(H,39,47)(H,40,48)(H,41,51)(H,42,49)(H,53,54)/t18-,22+,23+,24+,25+,26+,28+/m1/s1. The van der Waals surface area contributed by atoms with Gasteiger partial charge in [0.25, 0.3) is 0 Å². The first kappa shape index (κ1) is 43.3. The fourth-order valence-corrected chi connectivity index (χ4v) is 5.92. The van der Waals surface area contributed by atoms with E-state index in [1.807, 2.05) is 29.6 Å². The Kier molecular flexibility index (Phi) is 16.8. The number of aromatic amines is 1. The summed E-state index contributed by atoms with van der Waals surface area (Å²) in [6.45, 7) is -0.688. The Hall–Kier alpha value is -5.15. The van der Waals surface area contributed by atoms with Gasteiger partial charge in [0, 0.05) is 30.1 Å². The number of hydrogen-bond donors (Lipinski definition) is 12. The number of fused-ring (bicyclic) bond motifs is 1. The molecule has 1 fully saturated rings. The Bertz CT molecular complexity index is 1630. The van der Waals surface area contributed by atoms with Gasteiger partial charge in [0.1, 0.15) is 36.3 Å². The van der Waals surface area contributed by atoms with Crippen molar-refractivity contribution in [3.63, 3.8) is 0 Å². The van der Waals surface area contributed by atoms with E-state index in [-0.39, 0.29) is 25.8 Å². The summed E-state index contributed by atoms with van der Waals surface area (Å²) in [4.78, 5) is 94.5. The van der Waals surface area contributed by atoms with Crippen LogP contribution >= 0.6 is 0 Å². The van der Waals surface area contributed by atoms with Crippen molar-refractivity contribution in [2.45, 2.75) is 87.8 Å². The number of aliphatic carboxylic acids is 1. The normalized spacial score (nSPS) is 17.4. The summed E-state index contributed by atoms with van der Waals surface area (Å²) < 4.78 is 0. The SMILES string of the molecule is C[C@@H](O)[C@H](N)C(=O)N[C@@H](Cc1c[nH]c2ccccc12)C(=O)N[C@@H](CCCCN)C(=O)N1CCC[C@H]1C(=O)NCC(=O)N[C@@H](CO)C(=O)N[C@@H](CO)C(=O)O. The van der Waals surface area contributed by atoms with E-state index in [0.29, 0.717) is 31.4 Å². The summed E-state index contributed by atoms with van der Waals surface area (Å²) in [7, 11) is 0. The number of nitrogens with zero attached hydrogens (tertiary/aromatic N) is 1. The largest absolute Gasteiger partial charge is 0.480 e. The molecule has 0 unspecified atom stereocenters. The van der Waals surface area contributed by atoms with E-state index < -0.39 is 104 Å². The zero-order chi connectivity index (χ0) is 39.9. The van der Waals surface area contributed by atoms with Gasteiger partial charge in [0.2, 0.25) is 35.4 Å². The van der Waals surface area contributed by atoms with E-state index in [1.54, 1.807) is 6.20 Å². The molecule has 1 aliphatic heterocycles. The number of benzene rings is 1. The van der Waals surface area contributed by atoms with Gasteiger partial charge < -0.3 is 68.4 Å². The van der Waals surface area contributed by atoms with Crippen LogP contribution in [0.3, 0.4) is 0 Å². The topological polar surface area (TPSA) is 332 Å². The monoisotopic (exact) mass is 761 g/mol. The minimum atomic E-state index is -1.67. The predicted octanol–water partition coefficient (Wildman–Crippen LogP) is -4.34. The van der Waals surface area contributed by atoms with Crippen molar-refractivity contribution in [2.75, 3.05) is 32.8 Å². The fourth-order valence-electron chi connectivity index (χ4n) is 5.92. The van der Waals surface area contributed by atoms with E-state index in [2.05, 4.69) is 26.3 Å². The van der Waals surface area contributed by atoms with Gasteiger partial charge in [-0.2, -0.15) is 0 Å². The number of para-hydroxylation sites is 1. The molecular formula is C34H51N9O11. The van der Waals surface area contributed by atoms with E-state index in [0.717, 1.165) is 10.9 Å². The molecule has 1 saturated heterocycles. The molecule has 0 bridgehead atoms. The molecule has 1 aromatic carbocycles. The lowest BCUT2D eigenvalue weighted by atomic mass is 10.0. The molecule has 20 nitrogen and oxygen atoms in total.